The standard InChI is InChI=1S/C18H18N4O4S2/c1-10(20-17(23)14-5-6-15(27-14)28(2,24)25)18-21-16(22-26-18)12-7-8-19-13(9-12)11-3-4-11/h5-11H,3-4H2,1-2H3,(H,20,23)/t10-/m0/s1. The van der Waals surface area contributed by atoms with E-state index < -0.39 is 21.8 Å². The van der Waals surface area contributed by atoms with Crippen molar-refractivity contribution in [2.24, 2.45) is 0 Å². The molecule has 10 heteroatoms. The highest BCUT2D eigenvalue weighted by Crippen LogP contribution is 2.39. The molecule has 3 aromatic heterocycles. The number of nitrogens with one attached hydrogen (secondary N) is 1. The SMILES string of the molecule is C[C@H](NC(=O)c1ccc(S(C)(=O)=O)s1)c1nc(-c2ccnc(C3CC3)c2)no1. The van der Waals surface area contributed by atoms with Gasteiger partial charge in [0.2, 0.25) is 11.7 Å². The van der Waals surface area contributed by atoms with Crippen LogP contribution in [-0.2, 0) is 9.84 Å². The number of thiophene rings is 1. The van der Waals surface area contributed by atoms with E-state index in [1.54, 1.807) is 13.1 Å². The molecule has 1 atom stereocenters. The molecule has 0 spiro atoms. The monoisotopic (exact) mass is 418 g/mol. The molecule has 0 aromatic carbocycles. The molecule has 0 unspecified atom stereocenters. The molecule has 3 heterocycles. The zero-order chi connectivity index (χ0) is 19.9. The molecule has 1 saturated carbocycles. The normalized spacial score (nSPS) is 15.4. The summed E-state index contributed by atoms with van der Waals surface area (Å²) < 4.78 is 28.6. The van der Waals surface area contributed by atoms with Crippen LogP contribution in [0, 0.1) is 0 Å². The topological polar surface area (TPSA) is 115 Å². The van der Waals surface area contributed by atoms with Gasteiger partial charge >= 0.3 is 0 Å². The summed E-state index contributed by atoms with van der Waals surface area (Å²) in [5, 5.41) is 6.75. The van der Waals surface area contributed by atoms with Gasteiger partial charge in [0.25, 0.3) is 5.91 Å². The van der Waals surface area contributed by atoms with Gasteiger partial charge in [-0.15, -0.1) is 11.3 Å². The molecule has 0 bridgehead atoms. The predicted molar refractivity (Wildman–Crippen MR) is 103 cm³/mol. The molecule has 1 fully saturated rings. The Morgan fingerprint density at radius 3 is 2.79 bits per heavy atom. The van der Waals surface area contributed by atoms with Gasteiger partial charge in [0.1, 0.15) is 10.3 Å². The van der Waals surface area contributed by atoms with Crippen LogP contribution in [0.2, 0.25) is 0 Å². The molecule has 0 radical (unpaired) electrons. The van der Waals surface area contributed by atoms with Crippen molar-refractivity contribution in [2.45, 2.75) is 35.9 Å². The third kappa shape index (κ3) is 3.97. The van der Waals surface area contributed by atoms with Gasteiger partial charge < -0.3 is 9.84 Å². The maximum Gasteiger partial charge on any atom is 0.262 e. The van der Waals surface area contributed by atoms with Crippen LogP contribution in [0.15, 0.2) is 39.2 Å². The first kappa shape index (κ1) is 18.8. The molecule has 146 valence electrons. The van der Waals surface area contributed by atoms with Gasteiger partial charge in [-0.05, 0) is 44.0 Å². The molecule has 1 aliphatic rings. The Labute approximate surface area is 165 Å². The molecule has 1 amide bonds. The Bertz CT molecular complexity index is 1130. The molecular formula is C18H18N4O4S2. The van der Waals surface area contributed by atoms with Crippen LogP contribution in [-0.4, -0.2) is 35.7 Å². The third-order valence-corrected chi connectivity index (χ3v) is 7.27. The Morgan fingerprint density at radius 1 is 1.32 bits per heavy atom. The summed E-state index contributed by atoms with van der Waals surface area (Å²) >= 11 is 0.924. The molecule has 4 rings (SSSR count). The van der Waals surface area contributed by atoms with Crippen molar-refractivity contribution in [3.63, 3.8) is 0 Å². The van der Waals surface area contributed by atoms with Crippen molar-refractivity contribution >= 4 is 27.1 Å². The Hall–Kier alpha value is -2.59. The van der Waals surface area contributed by atoms with Gasteiger partial charge in [0.05, 0.1) is 4.88 Å². The van der Waals surface area contributed by atoms with E-state index in [0.29, 0.717) is 16.6 Å². The number of carbonyl (C=O) groups is 1. The molecule has 3 aromatic rings. The minimum atomic E-state index is -3.34. The maximum absolute atomic E-state index is 12.4. The van der Waals surface area contributed by atoms with Gasteiger partial charge in [-0.1, -0.05) is 5.16 Å². The zero-order valence-corrected chi connectivity index (χ0v) is 16.9. The fourth-order valence-electron chi connectivity index (χ4n) is 2.69. The van der Waals surface area contributed by atoms with Crippen molar-refractivity contribution in [3.05, 3.63) is 46.9 Å². The quantitative estimate of drug-likeness (QED) is 0.654. The first-order chi connectivity index (χ1) is 13.3. The number of sulfone groups is 1. The molecule has 1 aliphatic carbocycles. The van der Waals surface area contributed by atoms with E-state index in [-0.39, 0.29) is 10.1 Å². The summed E-state index contributed by atoms with van der Waals surface area (Å²) in [5.41, 5.74) is 1.85. The molecule has 1 N–H and O–H groups in total. The number of hydrogen-bond acceptors (Lipinski definition) is 8. The summed E-state index contributed by atoms with van der Waals surface area (Å²) in [4.78, 5) is 21.4. The van der Waals surface area contributed by atoms with Gasteiger partial charge in [-0.25, -0.2) is 8.42 Å². The van der Waals surface area contributed by atoms with Crippen LogP contribution in [0.5, 0.6) is 0 Å². The number of nitrogens with zero attached hydrogens (tertiary/aromatic N) is 3. The number of rotatable bonds is 6. The van der Waals surface area contributed by atoms with Gasteiger partial charge in [-0.2, -0.15) is 4.98 Å². The van der Waals surface area contributed by atoms with Gasteiger partial charge in [0, 0.05) is 29.6 Å². The smallest absolute Gasteiger partial charge is 0.262 e. The Balaban J connectivity index is 1.47. The largest absolute Gasteiger partial charge is 0.340 e. The lowest BCUT2D eigenvalue weighted by molar-refractivity contribution is 0.0936. The van der Waals surface area contributed by atoms with Crippen molar-refractivity contribution in [3.8, 4) is 11.4 Å². The number of amides is 1. The van der Waals surface area contributed by atoms with E-state index in [9.17, 15) is 13.2 Å². The number of hydrogen-bond donors (Lipinski definition) is 1. The Morgan fingerprint density at radius 2 is 2.11 bits per heavy atom. The van der Waals surface area contributed by atoms with Crippen LogP contribution >= 0.6 is 11.3 Å². The van der Waals surface area contributed by atoms with E-state index in [2.05, 4.69) is 20.4 Å². The molecule has 28 heavy (non-hydrogen) atoms. The fraction of sp³-hybridized carbons (Fsp3) is 0.333. The first-order valence-corrected chi connectivity index (χ1v) is 11.4. The maximum atomic E-state index is 12.4. The highest BCUT2D eigenvalue weighted by Gasteiger charge is 2.26. The van der Waals surface area contributed by atoms with Gasteiger partial charge in [-0.3, -0.25) is 9.78 Å². The van der Waals surface area contributed by atoms with Crippen molar-refractivity contribution in [2.75, 3.05) is 6.26 Å². The zero-order valence-electron chi connectivity index (χ0n) is 15.2. The van der Waals surface area contributed by atoms with E-state index in [0.717, 1.165) is 41.7 Å². The number of carbonyl (C=O) groups excluding carboxylic acids is 1. The van der Waals surface area contributed by atoms with E-state index in [4.69, 9.17) is 4.52 Å². The number of aromatic nitrogens is 3. The number of pyridine rings is 1. The second-order valence-electron chi connectivity index (χ2n) is 6.79. The molecule has 0 saturated heterocycles. The van der Waals surface area contributed by atoms with Crippen LogP contribution < -0.4 is 5.32 Å². The van der Waals surface area contributed by atoms with Crippen LogP contribution in [0.1, 0.15) is 53.0 Å². The highest BCUT2D eigenvalue weighted by molar-refractivity contribution is 7.92. The van der Waals surface area contributed by atoms with Crippen LogP contribution in [0.3, 0.4) is 0 Å². The van der Waals surface area contributed by atoms with Crippen molar-refractivity contribution in [1.82, 2.24) is 20.4 Å². The summed E-state index contributed by atoms with van der Waals surface area (Å²) in [7, 11) is -3.34. The van der Waals surface area contributed by atoms with Crippen LogP contribution in [0.4, 0.5) is 0 Å². The van der Waals surface area contributed by atoms with E-state index >= 15 is 0 Å². The predicted octanol–water partition coefficient (Wildman–Crippen LogP) is 2.97. The Kier molecular flexibility index (Phi) is 4.76. The lowest BCUT2D eigenvalue weighted by atomic mass is 10.2. The summed E-state index contributed by atoms with van der Waals surface area (Å²) in [6.45, 7) is 1.72. The second kappa shape index (κ2) is 7.10. The fourth-order valence-corrected chi connectivity index (χ4v) is 4.52. The van der Waals surface area contributed by atoms with E-state index in [1.807, 2.05) is 12.1 Å². The third-order valence-electron chi connectivity index (χ3n) is 4.37. The summed E-state index contributed by atoms with van der Waals surface area (Å²) in [6, 6.07) is 6.17. The van der Waals surface area contributed by atoms with Crippen molar-refractivity contribution in [1.29, 1.82) is 0 Å². The summed E-state index contributed by atoms with van der Waals surface area (Å²) in [5.74, 6) is 0.836. The lowest BCUT2D eigenvalue weighted by Gasteiger charge is -2.08. The first-order valence-electron chi connectivity index (χ1n) is 8.72. The minimum absolute atomic E-state index is 0.148. The average Bonchev–Trinajstić information content (AvgIpc) is 3.18. The van der Waals surface area contributed by atoms with Gasteiger partial charge in [0.15, 0.2) is 9.84 Å². The lowest BCUT2D eigenvalue weighted by Crippen LogP contribution is -2.26. The minimum Gasteiger partial charge on any atom is -0.340 e. The molecule has 0 aliphatic heterocycles. The summed E-state index contributed by atoms with van der Waals surface area (Å²) in [6.07, 6.45) is 5.15. The average molecular weight is 419 g/mol. The van der Waals surface area contributed by atoms with Crippen LogP contribution in [0.25, 0.3) is 11.4 Å². The highest BCUT2D eigenvalue weighted by atomic mass is 32.2. The van der Waals surface area contributed by atoms with Crippen molar-refractivity contribution < 1.29 is 17.7 Å². The van der Waals surface area contributed by atoms with E-state index in [1.165, 1.54) is 12.1 Å². The molecule has 8 nitrogen and oxygen atoms in total. The molecular weight excluding hydrogens is 400 g/mol. The second-order valence-corrected chi connectivity index (χ2v) is 10.1.